The Labute approximate surface area is 176 Å². The monoisotopic (exact) mass is 408 g/mol. The Bertz CT molecular complexity index is 1010. The van der Waals surface area contributed by atoms with Gasteiger partial charge < -0.3 is 14.7 Å². The van der Waals surface area contributed by atoms with Gasteiger partial charge in [0, 0.05) is 60.8 Å². The number of pyridine rings is 2. The highest BCUT2D eigenvalue weighted by Crippen LogP contribution is 2.33. The van der Waals surface area contributed by atoms with E-state index in [1.807, 2.05) is 12.4 Å². The molecule has 0 aliphatic carbocycles. The van der Waals surface area contributed by atoms with Gasteiger partial charge >= 0.3 is 0 Å². The zero-order chi connectivity index (χ0) is 20.9. The number of anilines is 1. The molecule has 7 heteroatoms. The molecular weight excluding hydrogens is 380 g/mol. The quantitative estimate of drug-likeness (QED) is 0.516. The lowest BCUT2D eigenvalue weighted by molar-refractivity contribution is -0.122. The first kappa shape index (κ1) is 20.5. The van der Waals surface area contributed by atoms with Gasteiger partial charge in [-0.15, -0.1) is 0 Å². The van der Waals surface area contributed by atoms with E-state index in [2.05, 4.69) is 46.0 Å². The highest BCUT2D eigenvalue weighted by Gasteiger charge is 2.27. The van der Waals surface area contributed by atoms with Crippen molar-refractivity contribution < 1.29 is 14.6 Å². The van der Waals surface area contributed by atoms with Crippen LogP contribution in [0, 0.1) is 6.92 Å². The molecule has 2 saturated heterocycles. The molecule has 5 rings (SSSR count). The van der Waals surface area contributed by atoms with Gasteiger partial charge in [0.15, 0.2) is 0 Å². The average molecular weight is 409 g/mol. The average Bonchev–Trinajstić information content (AvgIpc) is 2.79. The van der Waals surface area contributed by atoms with E-state index in [-0.39, 0.29) is 6.47 Å². The second kappa shape index (κ2) is 9.36. The molecule has 158 valence electrons. The molecule has 30 heavy (non-hydrogen) atoms. The largest absolute Gasteiger partial charge is 0.483 e. The number of morpholine rings is 1. The van der Waals surface area contributed by atoms with Crippen molar-refractivity contribution in [3.63, 3.8) is 0 Å². The molecule has 3 aromatic rings. The molecule has 1 aromatic carbocycles. The van der Waals surface area contributed by atoms with Crippen molar-refractivity contribution in [2.45, 2.75) is 25.8 Å². The predicted molar refractivity (Wildman–Crippen MR) is 118 cm³/mol. The Kier molecular flexibility index (Phi) is 6.40. The zero-order valence-electron chi connectivity index (χ0n) is 17.3. The molecule has 0 amide bonds. The van der Waals surface area contributed by atoms with Crippen LogP contribution in [0.25, 0.3) is 21.7 Å². The standard InChI is InChI=1S/C22H26N4O.CH2O2/c1-16-2-3-18-20-15-23-7-4-19(20)22(24-21(18)14-16)26-8-5-17(6-9-26)25-10-12-27-13-11-25;2-1-3/h2-4,7,14-15,17H,5-6,8-13H2,1H3;1H,(H,2,3). The first-order chi connectivity index (χ1) is 14.7. The molecular formula is C23H28N4O3. The van der Waals surface area contributed by atoms with Gasteiger partial charge in [-0.2, -0.15) is 0 Å². The van der Waals surface area contributed by atoms with Gasteiger partial charge in [0.1, 0.15) is 5.82 Å². The number of fused-ring (bicyclic) bond motifs is 3. The smallest absolute Gasteiger partial charge is 0.290 e. The van der Waals surface area contributed by atoms with E-state index in [4.69, 9.17) is 19.6 Å². The third-order valence-electron chi connectivity index (χ3n) is 6.06. The number of hydrogen-bond donors (Lipinski definition) is 1. The maximum Gasteiger partial charge on any atom is 0.290 e. The van der Waals surface area contributed by atoms with E-state index in [9.17, 15) is 0 Å². The molecule has 0 atom stereocenters. The zero-order valence-corrected chi connectivity index (χ0v) is 17.3. The van der Waals surface area contributed by atoms with Crippen molar-refractivity contribution in [3.8, 4) is 0 Å². The normalized spacial score (nSPS) is 18.2. The Balaban J connectivity index is 0.000000687. The van der Waals surface area contributed by atoms with Crippen LogP contribution >= 0.6 is 0 Å². The fourth-order valence-corrected chi connectivity index (χ4v) is 4.57. The molecule has 0 unspecified atom stereocenters. The van der Waals surface area contributed by atoms with Crippen LogP contribution in [0.5, 0.6) is 0 Å². The molecule has 7 nitrogen and oxygen atoms in total. The summed E-state index contributed by atoms with van der Waals surface area (Å²) in [6, 6.07) is 9.32. The van der Waals surface area contributed by atoms with E-state index in [1.54, 1.807) is 0 Å². The fraction of sp³-hybridized carbons (Fsp3) is 0.435. The lowest BCUT2D eigenvalue weighted by Gasteiger charge is -2.40. The van der Waals surface area contributed by atoms with Crippen LogP contribution in [0.1, 0.15) is 18.4 Å². The van der Waals surface area contributed by atoms with Crippen molar-refractivity contribution in [3.05, 3.63) is 42.2 Å². The summed E-state index contributed by atoms with van der Waals surface area (Å²) in [5.74, 6) is 1.12. The summed E-state index contributed by atoms with van der Waals surface area (Å²) in [7, 11) is 0. The summed E-state index contributed by atoms with van der Waals surface area (Å²) in [4.78, 5) is 22.9. The molecule has 1 N–H and O–H groups in total. The molecule has 0 radical (unpaired) electrons. The fourth-order valence-electron chi connectivity index (χ4n) is 4.57. The first-order valence-corrected chi connectivity index (χ1v) is 10.5. The van der Waals surface area contributed by atoms with Crippen molar-refractivity contribution in [1.82, 2.24) is 14.9 Å². The van der Waals surface area contributed by atoms with Crippen molar-refractivity contribution >= 4 is 34.0 Å². The minimum absolute atomic E-state index is 0.250. The summed E-state index contributed by atoms with van der Waals surface area (Å²) in [6.45, 7) is 7.90. The minimum atomic E-state index is -0.250. The number of carboxylic acid groups (broad SMARTS) is 1. The number of benzene rings is 1. The maximum atomic E-state index is 8.36. The Hall–Kier alpha value is -2.77. The van der Waals surface area contributed by atoms with Gasteiger partial charge in [-0.3, -0.25) is 14.7 Å². The molecule has 2 fully saturated rings. The number of hydrogen-bond acceptors (Lipinski definition) is 6. The number of piperidine rings is 1. The highest BCUT2D eigenvalue weighted by molar-refractivity contribution is 6.09. The van der Waals surface area contributed by atoms with Gasteiger partial charge in [-0.05, 0) is 37.5 Å². The van der Waals surface area contributed by atoms with Gasteiger partial charge in [0.25, 0.3) is 6.47 Å². The van der Waals surface area contributed by atoms with Crippen LogP contribution in [0.2, 0.25) is 0 Å². The topological polar surface area (TPSA) is 78.8 Å². The van der Waals surface area contributed by atoms with Gasteiger partial charge in [0.05, 0.1) is 18.7 Å². The van der Waals surface area contributed by atoms with E-state index >= 15 is 0 Å². The third kappa shape index (κ3) is 4.22. The first-order valence-electron chi connectivity index (χ1n) is 10.5. The van der Waals surface area contributed by atoms with E-state index in [0.717, 1.165) is 50.7 Å². The molecule has 0 spiro atoms. The van der Waals surface area contributed by atoms with Crippen molar-refractivity contribution in [1.29, 1.82) is 0 Å². The number of nitrogens with zero attached hydrogens (tertiary/aromatic N) is 4. The van der Waals surface area contributed by atoms with Crippen LogP contribution in [0.15, 0.2) is 36.7 Å². The third-order valence-corrected chi connectivity index (χ3v) is 6.06. The van der Waals surface area contributed by atoms with Gasteiger partial charge in [-0.1, -0.05) is 12.1 Å². The highest BCUT2D eigenvalue weighted by atomic mass is 16.5. The Morgan fingerprint density at radius 3 is 2.53 bits per heavy atom. The van der Waals surface area contributed by atoms with E-state index in [0.29, 0.717) is 6.04 Å². The van der Waals surface area contributed by atoms with Crippen LogP contribution in [0.4, 0.5) is 5.82 Å². The number of carbonyl (C=O) groups is 1. The molecule has 0 saturated carbocycles. The number of aryl methyl sites for hydroxylation is 1. The number of aromatic nitrogens is 2. The molecule has 0 bridgehead atoms. The lowest BCUT2D eigenvalue weighted by atomic mass is 10.0. The molecule has 2 aromatic heterocycles. The molecule has 2 aliphatic rings. The van der Waals surface area contributed by atoms with Crippen molar-refractivity contribution in [2.24, 2.45) is 0 Å². The maximum absolute atomic E-state index is 8.36. The number of ether oxygens (including phenoxy) is 1. The summed E-state index contributed by atoms with van der Waals surface area (Å²) >= 11 is 0. The summed E-state index contributed by atoms with van der Waals surface area (Å²) in [6.07, 6.45) is 6.26. The Morgan fingerprint density at radius 2 is 1.80 bits per heavy atom. The number of rotatable bonds is 2. The lowest BCUT2D eigenvalue weighted by Crippen LogP contribution is -2.49. The SMILES string of the molecule is Cc1ccc2c(c1)nc(N1CCC(N3CCOCC3)CC1)c1ccncc12.O=CO. The van der Waals surface area contributed by atoms with Crippen LogP contribution in [-0.2, 0) is 9.53 Å². The van der Waals surface area contributed by atoms with E-state index in [1.165, 1.54) is 34.6 Å². The molecule has 2 aliphatic heterocycles. The van der Waals surface area contributed by atoms with Crippen molar-refractivity contribution in [2.75, 3.05) is 44.3 Å². The molecule has 4 heterocycles. The van der Waals surface area contributed by atoms with E-state index < -0.39 is 0 Å². The summed E-state index contributed by atoms with van der Waals surface area (Å²) in [5, 5.41) is 10.5. The Morgan fingerprint density at radius 1 is 1.07 bits per heavy atom. The second-order valence-electron chi connectivity index (χ2n) is 7.85. The van der Waals surface area contributed by atoms with Crippen LogP contribution in [0.3, 0.4) is 0 Å². The minimum Gasteiger partial charge on any atom is -0.483 e. The van der Waals surface area contributed by atoms with Crippen LogP contribution in [-0.4, -0.2) is 71.9 Å². The van der Waals surface area contributed by atoms with Crippen LogP contribution < -0.4 is 4.90 Å². The van der Waals surface area contributed by atoms with Gasteiger partial charge in [-0.25, -0.2) is 4.98 Å². The predicted octanol–water partition coefficient (Wildman–Crippen LogP) is 3.09. The second-order valence-corrected chi connectivity index (χ2v) is 7.85. The van der Waals surface area contributed by atoms with Gasteiger partial charge in [0.2, 0.25) is 0 Å². The summed E-state index contributed by atoms with van der Waals surface area (Å²) < 4.78 is 5.51. The summed E-state index contributed by atoms with van der Waals surface area (Å²) in [5.41, 5.74) is 2.32.